The van der Waals surface area contributed by atoms with Gasteiger partial charge in [0.05, 0.1) is 17.6 Å². The van der Waals surface area contributed by atoms with Crippen molar-refractivity contribution in [2.75, 3.05) is 19.6 Å². The Morgan fingerprint density at radius 1 is 1.33 bits per heavy atom. The van der Waals surface area contributed by atoms with Crippen molar-refractivity contribution < 1.29 is 4.79 Å². The molecule has 1 aromatic carbocycles. The van der Waals surface area contributed by atoms with E-state index in [1.165, 1.54) is 12.8 Å². The van der Waals surface area contributed by atoms with Gasteiger partial charge < -0.3 is 15.6 Å². The van der Waals surface area contributed by atoms with Crippen LogP contribution in [0, 0.1) is 5.92 Å². The molecule has 3 N–H and O–H groups in total. The van der Waals surface area contributed by atoms with Gasteiger partial charge in [0.2, 0.25) is 5.91 Å². The number of hydrogen-bond acceptors (Lipinski definition) is 3. The number of imidazole rings is 1. The summed E-state index contributed by atoms with van der Waals surface area (Å²) in [5.41, 5.74) is 2.07. The minimum Gasteiger partial charge on any atom is -0.355 e. The zero-order valence-corrected chi connectivity index (χ0v) is 12.2. The number of aryl methyl sites for hydroxylation is 1. The number of H-pyrrole nitrogens is 1. The third-order valence-electron chi connectivity index (χ3n) is 3.77. The van der Waals surface area contributed by atoms with Gasteiger partial charge in [-0.3, -0.25) is 4.79 Å². The maximum atomic E-state index is 11.6. The summed E-state index contributed by atoms with van der Waals surface area (Å²) in [5, 5.41) is 6.13. The highest BCUT2D eigenvalue weighted by Gasteiger charge is 2.20. The molecular formula is C16H22N4O. The Bertz CT molecular complexity index is 570. The molecule has 1 fully saturated rings. The summed E-state index contributed by atoms with van der Waals surface area (Å²) in [6.07, 6.45) is 4.37. The lowest BCUT2D eigenvalue weighted by Gasteiger charge is -2.05. The van der Waals surface area contributed by atoms with E-state index < -0.39 is 0 Å². The Morgan fingerprint density at radius 2 is 2.19 bits per heavy atom. The third kappa shape index (κ3) is 4.29. The Balaban J connectivity index is 1.32. The largest absolute Gasteiger partial charge is 0.355 e. The molecule has 0 bridgehead atoms. The average Bonchev–Trinajstić information content (AvgIpc) is 3.21. The summed E-state index contributed by atoms with van der Waals surface area (Å²) in [4.78, 5) is 19.4. The van der Waals surface area contributed by atoms with Gasteiger partial charge in [0, 0.05) is 13.0 Å². The first-order chi connectivity index (χ1) is 10.3. The van der Waals surface area contributed by atoms with Crippen LogP contribution in [0.5, 0.6) is 0 Å². The maximum absolute atomic E-state index is 11.6. The summed E-state index contributed by atoms with van der Waals surface area (Å²) in [5.74, 6) is 1.88. The van der Waals surface area contributed by atoms with E-state index in [2.05, 4.69) is 20.6 Å². The molecule has 1 aromatic heterocycles. The standard InChI is InChI=1S/C16H22N4O/c21-16(11-17-10-12-7-8-12)18-9-3-6-15-19-13-4-1-2-5-14(13)20-15/h1-2,4-5,12,17H,3,6-11H2,(H,18,21)(H,19,20). The molecule has 0 aliphatic heterocycles. The SMILES string of the molecule is O=C(CNCC1CC1)NCCCc1nc2ccccc2[nH]1. The smallest absolute Gasteiger partial charge is 0.233 e. The van der Waals surface area contributed by atoms with Gasteiger partial charge >= 0.3 is 0 Å². The Kier molecular flexibility index (Phi) is 4.50. The molecule has 0 unspecified atom stereocenters. The molecule has 1 amide bonds. The van der Waals surface area contributed by atoms with E-state index in [4.69, 9.17) is 0 Å². The van der Waals surface area contributed by atoms with E-state index in [9.17, 15) is 4.79 Å². The average molecular weight is 286 g/mol. The lowest BCUT2D eigenvalue weighted by Crippen LogP contribution is -2.35. The fourth-order valence-corrected chi connectivity index (χ4v) is 2.38. The molecule has 1 heterocycles. The molecule has 5 heteroatoms. The van der Waals surface area contributed by atoms with E-state index in [-0.39, 0.29) is 5.91 Å². The van der Waals surface area contributed by atoms with Crippen LogP contribution in [0.4, 0.5) is 0 Å². The number of fused-ring (bicyclic) bond motifs is 1. The molecule has 1 saturated carbocycles. The fraction of sp³-hybridized carbons (Fsp3) is 0.500. The molecule has 1 aliphatic carbocycles. The molecule has 2 aromatic rings. The monoisotopic (exact) mass is 286 g/mol. The number of aromatic nitrogens is 2. The summed E-state index contributed by atoms with van der Waals surface area (Å²) in [7, 11) is 0. The van der Waals surface area contributed by atoms with E-state index in [0.717, 1.165) is 42.2 Å². The number of para-hydroxylation sites is 2. The summed E-state index contributed by atoms with van der Waals surface area (Å²) >= 11 is 0. The van der Waals surface area contributed by atoms with Gasteiger partial charge in [-0.1, -0.05) is 12.1 Å². The second-order valence-electron chi connectivity index (χ2n) is 5.73. The Hall–Kier alpha value is -1.88. The molecule has 0 atom stereocenters. The van der Waals surface area contributed by atoms with E-state index >= 15 is 0 Å². The normalized spacial score (nSPS) is 14.5. The molecule has 0 radical (unpaired) electrons. The second-order valence-corrected chi connectivity index (χ2v) is 5.73. The van der Waals surface area contributed by atoms with Gasteiger partial charge in [0.1, 0.15) is 5.82 Å². The van der Waals surface area contributed by atoms with Crippen molar-refractivity contribution in [1.29, 1.82) is 0 Å². The highest BCUT2D eigenvalue weighted by molar-refractivity contribution is 5.78. The van der Waals surface area contributed by atoms with Crippen LogP contribution in [0.3, 0.4) is 0 Å². The number of carbonyl (C=O) groups excluding carboxylic acids is 1. The molecule has 1 aliphatic rings. The van der Waals surface area contributed by atoms with Gasteiger partial charge in [-0.2, -0.15) is 0 Å². The molecular weight excluding hydrogens is 264 g/mol. The molecule has 21 heavy (non-hydrogen) atoms. The first-order valence-corrected chi connectivity index (χ1v) is 7.72. The quantitative estimate of drug-likeness (QED) is 0.646. The van der Waals surface area contributed by atoms with Gasteiger partial charge in [-0.25, -0.2) is 4.98 Å². The number of hydrogen-bond donors (Lipinski definition) is 3. The summed E-state index contributed by atoms with van der Waals surface area (Å²) in [6, 6.07) is 8.02. The van der Waals surface area contributed by atoms with E-state index in [1.54, 1.807) is 0 Å². The number of nitrogens with zero attached hydrogens (tertiary/aromatic N) is 1. The number of amides is 1. The predicted octanol–water partition coefficient (Wildman–Crippen LogP) is 1.61. The topological polar surface area (TPSA) is 69.8 Å². The number of carbonyl (C=O) groups is 1. The van der Waals surface area contributed by atoms with Crippen molar-refractivity contribution in [3.05, 3.63) is 30.1 Å². The molecule has 3 rings (SSSR count). The lowest BCUT2D eigenvalue weighted by atomic mass is 10.3. The summed E-state index contributed by atoms with van der Waals surface area (Å²) in [6.45, 7) is 2.11. The number of rotatable bonds is 8. The minimum absolute atomic E-state index is 0.0836. The van der Waals surface area contributed by atoms with Crippen molar-refractivity contribution in [3.8, 4) is 0 Å². The van der Waals surface area contributed by atoms with Gasteiger partial charge in [0.15, 0.2) is 0 Å². The van der Waals surface area contributed by atoms with Crippen LogP contribution in [-0.2, 0) is 11.2 Å². The Morgan fingerprint density at radius 3 is 3.00 bits per heavy atom. The first-order valence-electron chi connectivity index (χ1n) is 7.72. The lowest BCUT2D eigenvalue weighted by molar-refractivity contribution is -0.120. The van der Waals surface area contributed by atoms with Crippen molar-refractivity contribution >= 4 is 16.9 Å². The van der Waals surface area contributed by atoms with Crippen LogP contribution < -0.4 is 10.6 Å². The summed E-state index contributed by atoms with van der Waals surface area (Å²) < 4.78 is 0. The van der Waals surface area contributed by atoms with Crippen LogP contribution in [0.25, 0.3) is 11.0 Å². The van der Waals surface area contributed by atoms with Crippen LogP contribution in [-0.4, -0.2) is 35.5 Å². The fourth-order valence-electron chi connectivity index (χ4n) is 2.38. The number of aromatic amines is 1. The van der Waals surface area contributed by atoms with Gasteiger partial charge in [-0.05, 0) is 43.9 Å². The zero-order chi connectivity index (χ0) is 14.5. The van der Waals surface area contributed by atoms with Crippen molar-refractivity contribution in [2.24, 2.45) is 5.92 Å². The maximum Gasteiger partial charge on any atom is 0.233 e. The van der Waals surface area contributed by atoms with Gasteiger partial charge in [-0.15, -0.1) is 0 Å². The Labute approximate surface area is 124 Å². The van der Waals surface area contributed by atoms with Crippen LogP contribution in [0.15, 0.2) is 24.3 Å². The zero-order valence-electron chi connectivity index (χ0n) is 12.2. The van der Waals surface area contributed by atoms with Crippen molar-refractivity contribution in [2.45, 2.75) is 25.7 Å². The number of nitrogens with one attached hydrogen (secondary N) is 3. The molecule has 112 valence electrons. The first kappa shape index (κ1) is 14.1. The molecule has 5 nitrogen and oxygen atoms in total. The van der Waals surface area contributed by atoms with Crippen LogP contribution in [0.2, 0.25) is 0 Å². The predicted molar refractivity (Wildman–Crippen MR) is 83.0 cm³/mol. The molecule has 0 spiro atoms. The minimum atomic E-state index is 0.0836. The van der Waals surface area contributed by atoms with Crippen LogP contribution in [0.1, 0.15) is 25.1 Å². The highest BCUT2D eigenvalue weighted by Crippen LogP contribution is 2.27. The highest BCUT2D eigenvalue weighted by atomic mass is 16.1. The molecule has 0 saturated heterocycles. The number of benzene rings is 1. The second kappa shape index (κ2) is 6.72. The van der Waals surface area contributed by atoms with E-state index in [1.807, 2.05) is 24.3 Å². The van der Waals surface area contributed by atoms with Crippen LogP contribution >= 0.6 is 0 Å². The third-order valence-corrected chi connectivity index (χ3v) is 3.77. The van der Waals surface area contributed by atoms with E-state index in [0.29, 0.717) is 13.1 Å². The van der Waals surface area contributed by atoms with Gasteiger partial charge in [0.25, 0.3) is 0 Å². The van der Waals surface area contributed by atoms with Crippen molar-refractivity contribution in [3.63, 3.8) is 0 Å². The van der Waals surface area contributed by atoms with Crippen molar-refractivity contribution in [1.82, 2.24) is 20.6 Å².